The van der Waals surface area contributed by atoms with Crippen molar-refractivity contribution >= 4 is 23.7 Å². The van der Waals surface area contributed by atoms with E-state index in [1.807, 2.05) is 6.26 Å². The molecule has 98 valence electrons. The number of ether oxygens (including phenoxy) is 3. The quantitative estimate of drug-likeness (QED) is 0.712. The molecule has 1 fully saturated rings. The molecule has 1 saturated heterocycles. The predicted molar refractivity (Wildman–Crippen MR) is 60.4 cm³/mol. The third-order valence-electron chi connectivity index (χ3n) is 2.22. The van der Waals surface area contributed by atoms with Crippen LogP contribution in [0.4, 0.5) is 0 Å². The minimum Gasteiger partial charge on any atom is -0.456 e. The van der Waals surface area contributed by atoms with Crippen LogP contribution in [0.25, 0.3) is 0 Å². The number of hydrogen-bond acceptors (Lipinski definition) is 7. The Balaban J connectivity index is 2.76. The van der Waals surface area contributed by atoms with Gasteiger partial charge in [0, 0.05) is 19.6 Å². The van der Waals surface area contributed by atoms with Crippen molar-refractivity contribution in [2.24, 2.45) is 0 Å². The number of aliphatic hydroxyl groups excluding tert-OH is 1. The number of esters is 2. The van der Waals surface area contributed by atoms with E-state index in [1.165, 1.54) is 25.6 Å². The number of hydrogen-bond donors (Lipinski definition) is 1. The number of carbonyl (C=O) groups excluding carboxylic acids is 2. The molecule has 1 aliphatic rings. The highest BCUT2D eigenvalue weighted by atomic mass is 32.2. The van der Waals surface area contributed by atoms with Crippen LogP contribution in [0.2, 0.25) is 0 Å². The van der Waals surface area contributed by atoms with Crippen LogP contribution < -0.4 is 0 Å². The lowest BCUT2D eigenvalue weighted by Crippen LogP contribution is -2.40. The van der Waals surface area contributed by atoms with Gasteiger partial charge in [-0.3, -0.25) is 9.59 Å². The van der Waals surface area contributed by atoms with Crippen LogP contribution in [0.15, 0.2) is 0 Å². The maximum Gasteiger partial charge on any atom is 0.303 e. The highest BCUT2D eigenvalue weighted by molar-refractivity contribution is 7.98. The zero-order valence-corrected chi connectivity index (χ0v) is 10.7. The Morgan fingerprint density at radius 1 is 1.24 bits per heavy atom. The summed E-state index contributed by atoms with van der Waals surface area (Å²) < 4.78 is 15.2. The van der Waals surface area contributed by atoms with Crippen molar-refractivity contribution in [3.05, 3.63) is 0 Å². The molecule has 1 rings (SSSR count). The molecule has 0 amide bonds. The van der Waals surface area contributed by atoms with Crippen molar-refractivity contribution in [3.8, 4) is 0 Å². The Morgan fingerprint density at radius 3 is 2.24 bits per heavy atom. The van der Waals surface area contributed by atoms with Crippen molar-refractivity contribution in [2.75, 3.05) is 12.0 Å². The summed E-state index contributed by atoms with van der Waals surface area (Å²) in [7, 11) is 0. The second kappa shape index (κ2) is 6.23. The fourth-order valence-corrected chi connectivity index (χ4v) is 2.25. The molecule has 4 atom stereocenters. The zero-order chi connectivity index (χ0) is 13.0. The minimum absolute atomic E-state index is 0.478. The number of carbonyl (C=O) groups is 2. The van der Waals surface area contributed by atoms with Gasteiger partial charge >= 0.3 is 11.9 Å². The summed E-state index contributed by atoms with van der Waals surface area (Å²) in [5.41, 5.74) is 0. The van der Waals surface area contributed by atoms with Gasteiger partial charge in [-0.1, -0.05) is 0 Å². The molecule has 0 aromatic rings. The smallest absolute Gasteiger partial charge is 0.303 e. The largest absolute Gasteiger partial charge is 0.456 e. The molecule has 0 aliphatic carbocycles. The summed E-state index contributed by atoms with van der Waals surface area (Å²) in [4.78, 5) is 21.9. The molecule has 0 bridgehead atoms. The summed E-state index contributed by atoms with van der Waals surface area (Å²) in [5.74, 6) is -0.525. The predicted octanol–water partition coefficient (Wildman–Crippen LogP) is -0.0700. The van der Waals surface area contributed by atoms with Crippen LogP contribution in [-0.2, 0) is 23.8 Å². The summed E-state index contributed by atoms with van der Waals surface area (Å²) in [6.45, 7) is 2.48. The lowest BCUT2D eigenvalue weighted by atomic mass is 10.1. The van der Waals surface area contributed by atoms with E-state index in [0.29, 0.717) is 5.75 Å². The Kier molecular flexibility index (Phi) is 5.23. The fraction of sp³-hybridized carbons (Fsp3) is 0.800. The van der Waals surface area contributed by atoms with Gasteiger partial charge in [-0.15, -0.1) is 0 Å². The van der Waals surface area contributed by atoms with Gasteiger partial charge in [0.1, 0.15) is 6.10 Å². The van der Waals surface area contributed by atoms with E-state index in [1.54, 1.807) is 0 Å². The maximum absolute atomic E-state index is 11.0. The average molecular weight is 264 g/mol. The van der Waals surface area contributed by atoms with Gasteiger partial charge in [-0.05, 0) is 6.26 Å². The highest BCUT2D eigenvalue weighted by Gasteiger charge is 2.48. The number of aliphatic hydroxyl groups is 1. The normalized spacial score (nSPS) is 32.2. The molecule has 17 heavy (non-hydrogen) atoms. The second-order valence-electron chi connectivity index (χ2n) is 3.67. The van der Waals surface area contributed by atoms with Crippen molar-refractivity contribution in [2.45, 2.75) is 38.4 Å². The topological polar surface area (TPSA) is 82.1 Å². The second-order valence-corrected chi connectivity index (χ2v) is 4.58. The van der Waals surface area contributed by atoms with E-state index in [-0.39, 0.29) is 0 Å². The fourth-order valence-electron chi connectivity index (χ4n) is 1.66. The van der Waals surface area contributed by atoms with Crippen molar-refractivity contribution < 1.29 is 28.9 Å². The molecule has 0 aromatic carbocycles. The van der Waals surface area contributed by atoms with Crippen LogP contribution in [0.5, 0.6) is 0 Å². The van der Waals surface area contributed by atoms with Crippen LogP contribution in [0, 0.1) is 0 Å². The molecule has 1 aliphatic heterocycles. The van der Waals surface area contributed by atoms with E-state index in [2.05, 4.69) is 0 Å². The standard InChI is InChI=1S/C10H16O6S/c1-5(11)14-8-7(4-17-3)16-10(13)9(8)15-6(2)12/h7-10,13H,4H2,1-3H3/t7-,8-,9-,10?/m1/s1. The first-order valence-electron chi connectivity index (χ1n) is 5.12. The molecule has 6 nitrogen and oxygen atoms in total. The third kappa shape index (κ3) is 3.86. The molecule has 0 saturated carbocycles. The molecule has 1 unspecified atom stereocenters. The Labute approximate surface area is 104 Å². The van der Waals surface area contributed by atoms with Gasteiger partial charge in [-0.2, -0.15) is 11.8 Å². The van der Waals surface area contributed by atoms with Crippen LogP contribution in [0.1, 0.15) is 13.8 Å². The zero-order valence-electron chi connectivity index (χ0n) is 9.91. The van der Waals surface area contributed by atoms with Crippen LogP contribution in [0.3, 0.4) is 0 Å². The van der Waals surface area contributed by atoms with Crippen molar-refractivity contribution in [3.63, 3.8) is 0 Å². The Morgan fingerprint density at radius 2 is 1.76 bits per heavy atom. The Hall–Kier alpha value is -0.790. The van der Waals surface area contributed by atoms with Gasteiger partial charge in [-0.25, -0.2) is 0 Å². The molecule has 0 aromatic heterocycles. The summed E-state index contributed by atoms with van der Waals surface area (Å²) in [6, 6.07) is 0. The van der Waals surface area contributed by atoms with E-state index < -0.39 is 36.5 Å². The number of rotatable bonds is 4. The van der Waals surface area contributed by atoms with Crippen molar-refractivity contribution in [1.82, 2.24) is 0 Å². The lowest BCUT2D eigenvalue weighted by molar-refractivity contribution is -0.174. The molecule has 0 spiro atoms. The SMILES string of the molecule is CSC[C@H]1OC(O)[C@H](OC(C)=O)[C@@H]1OC(C)=O. The first-order chi connectivity index (χ1) is 7.95. The summed E-state index contributed by atoms with van der Waals surface area (Å²) in [5, 5.41) is 9.62. The van der Waals surface area contributed by atoms with Gasteiger partial charge in [0.2, 0.25) is 0 Å². The Bertz CT molecular complexity index is 295. The lowest BCUT2D eigenvalue weighted by Gasteiger charge is -2.21. The van der Waals surface area contributed by atoms with E-state index >= 15 is 0 Å². The molecule has 1 N–H and O–H groups in total. The van der Waals surface area contributed by atoms with Gasteiger partial charge < -0.3 is 19.3 Å². The van der Waals surface area contributed by atoms with E-state index in [4.69, 9.17) is 14.2 Å². The number of thioether (sulfide) groups is 1. The first-order valence-corrected chi connectivity index (χ1v) is 6.52. The minimum atomic E-state index is -1.26. The van der Waals surface area contributed by atoms with E-state index in [0.717, 1.165) is 0 Å². The van der Waals surface area contributed by atoms with Gasteiger partial charge in [0.15, 0.2) is 18.5 Å². The maximum atomic E-state index is 11.0. The molecule has 0 radical (unpaired) electrons. The average Bonchev–Trinajstić information content (AvgIpc) is 2.45. The summed E-state index contributed by atoms with van der Waals surface area (Å²) >= 11 is 1.48. The third-order valence-corrected chi connectivity index (χ3v) is 2.88. The summed E-state index contributed by atoms with van der Waals surface area (Å²) in [6.07, 6.45) is -1.61. The van der Waals surface area contributed by atoms with Gasteiger partial charge in [0.25, 0.3) is 0 Å². The first kappa shape index (κ1) is 14.3. The molecular formula is C10H16O6S. The monoisotopic (exact) mass is 264 g/mol. The molecular weight excluding hydrogens is 248 g/mol. The van der Waals surface area contributed by atoms with E-state index in [9.17, 15) is 14.7 Å². The molecule has 7 heteroatoms. The van der Waals surface area contributed by atoms with Crippen LogP contribution in [-0.4, -0.2) is 53.7 Å². The van der Waals surface area contributed by atoms with Crippen molar-refractivity contribution in [1.29, 1.82) is 0 Å². The van der Waals surface area contributed by atoms with Gasteiger partial charge in [0.05, 0.1) is 0 Å². The highest BCUT2D eigenvalue weighted by Crippen LogP contribution is 2.27. The molecule has 1 heterocycles. The van der Waals surface area contributed by atoms with Crippen LogP contribution >= 0.6 is 11.8 Å².